The number of hydrogen-bond acceptors (Lipinski definition) is 2. The molecule has 2 rings (SSSR count). The Hall–Kier alpha value is -2.09. The van der Waals surface area contributed by atoms with E-state index < -0.39 is 0 Å². The van der Waals surface area contributed by atoms with Gasteiger partial charge in [-0.2, -0.15) is 0 Å². The van der Waals surface area contributed by atoms with Crippen molar-refractivity contribution in [3.05, 3.63) is 65.7 Å². The molecule has 2 nitrogen and oxygen atoms in total. The van der Waals surface area contributed by atoms with Gasteiger partial charge in [-0.1, -0.05) is 50.2 Å². The highest BCUT2D eigenvalue weighted by molar-refractivity contribution is 5.91. The molecule has 0 spiro atoms. The summed E-state index contributed by atoms with van der Waals surface area (Å²) < 4.78 is 5.49. The maximum Gasteiger partial charge on any atom is 0.343 e. The normalized spacial score (nSPS) is 10.5. The van der Waals surface area contributed by atoms with Crippen LogP contribution in [0.4, 0.5) is 0 Å². The molecule has 0 fully saturated rings. The van der Waals surface area contributed by atoms with Crippen LogP contribution in [-0.4, -0.2) is 5.97 Å². The molecule has 2 aromatic rings. The van der Waals surface area contributed by atoms with Crippen LogP contribution in [-0.2, 0) is 6.42 Å². The Morgan fingerprint density at radius 1 is 1.00 bits per heavy atom. The van der Waals surface area contributed by atoms with Crippen LogP contribution < -0.4 is 4.74 Å². The summed E-state index contributed by atoms with van der Waals surface area (Å²) in [6.45, 7) is 4.30. The van der Waals surface area contributed by atoms with Crippen molar-refractivity contribution in [2.75, 3.05) is 0 Å². The molecule has 0 saturated carbocycles. The van der Waals surface area contributed by atoms with Gasteiger partial charge in [-0.05, 0) is 36.1 Å². The summed E-state index contributed by atoms with van der Waals surface area (Å²) in [5, 5.41) is 0. The van der Waals surface area contributed by atoms with Gasteiger partial charge in [0.05, 0.1) is 5.56 Å². The molecule has 0 radical (unpaired) electrons. The molecule has 0 heterocycles. The van der Waals surface area contributed by atoms with Crippen LogP contribution in [0.15, 0.2) is 54.6 Å². The zero-order valence-corrected chi connectivity index (χ0v) is 11.3. The minimum Gasteiger partial charge on any atom is -0.423 e. The van der Waals surface area contributed by atoms with E-state index in [1.54, 1.807) is 12.1 Å². The second-order valence-electron chi connectivity index (χ2n) is 4.96. The summed E-state index contributed by atoms with van der Waals surface area (Å²) in [7, 11) is 0. The molecule has 0 aliphatic heterocycles. The highest BCUT2D eigenvalue weighted by Crippen LogP contribution is 2.22. The fourth-order valence-electron chi connectivity index (χ4n) is 1.94. The van der Waals surface area contributed by atoms with Crippen LogP contribution in [0.1, 0.15) is 29.8 Å². The molecule has 0 aliphatic rings. The number of carbonyl (C=O) groups is 1. The van der Waals surface area contributed by atoms with Crippen molar-refractivity contribution in [3.63, 3.8) is 0 Å². The first-order valence-electron chi connectivity index (χ1n) is 6.52. The Balaban J connectivity index is 2.17. The fourth-order valence-corrected chi connectivity index (χ4v) is 1.94. The molecule has 2 aromatic carbocycles. The molecule has 0 N–H and O–H groups in total. The predicted octanol–water partition coefficient (Wildman–Crippen LogP) is 4.10. The molecule has 98 valence electrons. The highest BCUT2D eigenvalue weighted by atomic mass is 16.5. The third kappa shape index (κ3) is 3.68. The maximum atomic E-state index is 12.0. The zero-order chi connectivity index (χ0) is 13.7. The van der Waals surface area contributed by atoms with E-state index in [1.807, 2.05) is 42.5 Å². The number of rotatable bonds is 4. The van der Waals surface area contributed by atoms with Crippen molar-refractivity contribution < 1.29 is 9.53 Å². The fraction of sp³-hybridized carbons (Fsp3) is 0.235. The average Bonchev–Trinajstić information content (AvgIpc) is 2.41. The quantitative estimate of drug-likeness (QED) is 0.606. The van der Waals surface area contributed by atoms with Crippen LogP contribution >= 0.6 is 0 Å². The summed E-state index contributed by atoms with van der Waals surface area (Å²) in [6, 6.07) is 16.8. The van der Waals surface area contributed by atoms with E-state index in [0.717, 1.165) is 12.0 Å². The minimum atomic E-state index is -0.309. The van der Waals surface area contributed by atoms with E-state index >= 15 is 0 Å². The van der Waals surface area contributed by atoms with Gasteiger partial charge in [-0.25, -0.2) is 4.79 Å². The van der Waals surface area contributed by atoms with E-state index in [9.17, 15) is 4.79 Å². The van der Waals surface area contributed by atoms with Crippen molar-refractivity contribution in [2.24, 2.45) is 5.92 Å². The molecule has 19 heavy (non-hydrogen) atoms. The lowest BCUT2D eigenvalue weighted by molar-refractivity contribution is 0.0733. The highest BCUT2D eigenvalue weighted by Gasteiger charge is 2.11. The van der Waals surface area contributed by atoms with Crippen LogP contribution in [0.2, 0.25) is 0 Å². The second kappa shape index (κ2) is 6.19. The van der Waals surface area contributed by atoms with E-state index in [0.29, 0.717) is 17.2 Å². The zero-order valence-electron chi connectivity index (χ0n) is 11.3. The lowest BCUT2D eigenvalue weighted by Crippen LogP contribution is -2.10. The van der Waals surface area contributed by atoms with Gasteiger partial charge in [-0.15, -0.1) is 0 Å². The molecule has 0 saturated heterocycles. The van der Waals surface area contributed by atoms with Crippen LogP contribution in [0.25, 0.3) is 0 Å². The van der Waals surface area contributed by atoms with Crippen LogP contribution in [0.5, 0.6) is 5.75 Å². The van der Waals surface area contributed by atoms with Crippen molar-refractivity contribution >= 4 is 5.97 Å². The van der Waals surface area contributed by atoms with Crippen molar-refractivity contribution in [1.29, 1.82) is 0 Å². The predicted molar refractivity (Wildman–Crippen MR) is 76.4 cm³/mol. The molecular weight excluding hydrogens is 236 g/mol. The molecule has 2 heteroatoms. The number of para-hydroxylation sites is 1. The lowest BCUT2D eigenvalue weighted by Gasteiger charge is -2.11. The monoisotopic (exact) mass is 254 g/mol. The Kier molecular flexibility index (Phi) is 4.35. The topological polar surface area (TPSA) is 26.3 Å². The Labute approximate surface area is 114 Å². The number of esters is 1. The molecule has 0 amide bonds. The second-order valence-corrected chi connectivity index (χ2v) is 4.96. The van der Waals surface area contributed by atoms with Gasteiger partial charge in [-0.3, -0.25) is 0 Å². The number of ether oxygens (including phenoxy) is 1. The van der Waals surface area contributed by atoms with Gasteiger partial charge in [0.25, 0.3) is 0 Å². The summed E-state index contributed by atoms with van der Waals surface area (Å²) in [6.07, 6.45) is 0.901. The third-order valence-corrected chi connectivity index (χ3v) is 2.81. The Morgan fingerprint density at radius 3 is 2.32 bits per heavy atom. The molecule has 0 atom stereocenters. The first-order valence-corrected chi connectivity index (χ1v) is 6.52. The standard InChI is InChI=1S/C17H18O2/c1-13(2)12-15-10-6-7-11-16(15)19-17(18)14-8-4-3-5-9-14/h3-11,13H,12H2,1-2H3. The summed E-state index contributed by atoms with van der Waals surface area (Å²) in [4.78, 5) is 12.0. The lowest BCUT2D eigenvalue weighted by atomic mass is 10.0. The first kappa shape index (κ1) is 13.3. The van der Waals surface area contributed by atoms with E-state index in [1.165, 1.54) is 0 Å². The Morgan fingerprint density at radius 2 is 1.63 bits per heavy atom. The van der Waals surface area contributed by atoms with E-state index in [2.05, 4.69) is 13.8 Å². The molecule has 0 bridgehead atoms. The number of carbonyl (C=O) groups excluding carboxylic acids is 1. The first-order chi connectivity index (χ1) is 9.16. The van der Waals surface area contributed by atoms with Crippen LogP contribution in [0.3, 0.4) is 0 Å². The molecular formula is C17H18O2. The van der Waals surface area contributed by atoms with E-state index in [4.69, 9.17) is 4.74 Å². The number of hydrogen-bond donors (Lipinski definition) is 0. The maximum absolute atomic E-state index is 12.0. The van der Waals surface area contributed by atoms with Gasteiger partial charge < -0.3 is 4.74 Å². The van der Waals surface area contributed by atoms with Crippen molar-refractivity contribution in [1.82, 2.24) is 0 Å². The average molecular weight is 254 g/mol. The number of benzene rings is 2. The van der Waals surface area contributed by atoms with Gasteiger partial charge in [0.1, 0.15) is 5.75 Å². The van der Waals surface area contributed by atoms with Gasteiger partial charge in [0.15, 0.2) is 0 Å². The van der Waals surface area contributed by atoms with Crippen molar-refractivity contribution in [3.8, 4) is 5.75 Å². The molecule has 0 unspecified atom stereocenters. The molecule has 0 aromatic heterocycles. The third-order valence-electron chi connectivity index (χ3n) is 2.81. The molecule has 0 aliphatic carbocycles. The van der Waals surface area contributed by atoms with Crippen LogP contribution in [0, 0.1) is 5.92 Å². The van der Waals surface area contributed by atoms with Crippen molar-refractivity contribution in [2.45, 2.75) is 20.3 Å². The summed E-state index contributed by atoms with van der Waals surface area (Å²) in [5.74, 6) is 0.874. The minimum absolute atomic E-state index is 0.309. The van der Waals surface area contributed by atoms with E-state index in [-0.39, 0.29) is 5.97 Å². The van der Waals surface area contributed by atoms with Gasteiger partial charge in [0.2, 0.25) is 0 Å². The smallest absolute Gasteiger partial charge is 0.343 e. The Bertz CT molecular complexity index is 544. The van der Waals surface area contributed by atoms with Gasteiger partial charge >= 0.3 is 5.97 Å². The SMILES string of the molecule is CC(C)Cc1ccccc1OC(=O)c1ccccc1. The largest absolute Gasteiger partial charge is 0.423 e. The summed E-state index contributed by atoms with van der Waals surface area (Å²) in [5.41, 5.74) is 1.64. The van der Waals surface area contributed by atoms with Gasteiger partial charge in [0, 0.05) is 0 Å². The summed E-state index contributed by atoms with van der Waals surface area (Å²) >= 11 is 0.